The quantitative estimate of drug-likeness (QED) is 0.261. The molecule has 3 N–H and O–H groups in total. The normalized spacial score (nSPS) is 16.2. The Kier molecular flexibility index (Phi) is 9.25. The number of halogens is 1. The van der Waals surface area contributed by atoms with Crippen molar-refractivity contribution in [2.24, 2.45) is 4.99 Å². The summed E-state index contributed by atoms with van der Waals surface area (Å²) in [5.41, 5.74) is 1.96. The number of aliphatic imine (C=N–C) groups is 1. The number of hydrogen-bond acceptors (Lipinski definition) is 4. The molecule has 1 heterocycles. The van der Waals surface area contributed by atoms with Crippen molar-refractivity contribution in [1.82, 2.24) is 10.6 Å². The number of carbonyl (C=O) groups excluding carboxylic acids is 2. The fourth-order valence-corrected chi connectivity index (χ4v) is 2.59. The van der Waals surface area contributed by atoms with Crippen LogP contribution in [0, 0.1) is 0 Å². The minimum atomic E-state index is -0.267. The molecule has 0 fully saturated rings. The van der Waals surface area contributed by atoms with Crippen LogP contribution in [0.15, 0.2) is 29.3 Å². The molecular formula is C17H25IN4O3. The van der Waals surface area contributed by atoms with Gasteiger partial charge in [-0.25, -0.2) is 0 Å². The van der Waals surface area contributed by atoms with Crippen LogP contribution in [0.25, 0.3) is 0 Å². The first-order valence-electron chi connectivity index (χ1n) is 8.11. The number of fused-ring (bicyclic) bond motifs is 1. The summed E-state index contributed by atoms with van der Waals surface area (Å²) in [6.07, 6.45) is 0.692. The molecule has 1 aromatic carbocycles. The van der Waals surface area contributed by atoms with Gasteiger partial charge in [-0.05, 0) is 18.6 Å². The highest BCUT2D eigenvalue weighted by atomic mass is 127. The third-order valence-electron chi connectivity index (χ3n) is 3.77. The Hall–Kier alpha value is -1.84. The molecule has 0 radical (unpaired) electrons. The predicted octanol–water partition coefficient (Wildman–Crippen LogP) is 1.85. The largest absolute Gasteiger partial charge is 0.469 e. The summed E-state index contributed by atoms with van der Waals surface area (Å²) in [7, 11) is 1.37. The van der Waals surface area contributed by atoms with Gasteiger partial charge in [-0.3, -0.25) is 14.6 Å². The number of rotatable bonds is 6. The number of guanidine groups is 1. The minimum absolute atomic E-state index is 0. The van der Waals surface area contributed by atoms with Crippen LogP contribution in [0.4, 0.5) is 5.69 Å². The second kappa shape index (κ2) is 10.9. The first kappa shape index (κ1) is 21.2. The molecule has 138 valence electrons. The van der Waals surface area contributed by atoms with Gasteiger partial charge >= 0.3 is 5.97 Å². The van der Waals surface area contributed by atoms with Crippen LogP contribution in [0.3, 0.4) is 0 Å². The number of esters is 1. The maximum atomic E-state index is 11.8. The number of benzene rings is 1. The van der Waals surface area contributed by atoms with E-state index in [0.717, 1.165) is 11.3 Å². The van der Waals surface area contributed by atoms with Crippen LogP contribution in [0.2, 0.25) is 0 Å². The van der Waals surface area contributed by atoms with Crippen molar-refractivity contribution >= 4 is 47.5 Å². The van der Waals surface area contributed by atoms with E-state index in [1.807, 2.05) is 31.2 Å². The van der Waals surface area contributed by atoms with E-state index < -0.39 is 0 Å². The van der Waals surface area contributed by atoms with Gasteiger partial charge in [0.1, 0.15) is 0 Å². The molecule has 1 amide bonds. The van der Waals surface area contributed by atoms with Crippen molar-refractivity contribution in [3.8, 4) is 0 Å². The monoisotopic (exact) mass is 460 g/mol. The number of amides is 1. The molecule has 0 bridgehead atoms. The minimum Gasteiger partial charge on any atom is -0.469 e. The Morgan fingerprint density at radius 3 is 2.84 bits per heavy atom. The van der Waals surface area contributed by atoms with Crippen LogP contribution in [0.1, 0.15) is 31.2 Å². The van der Waals surface area contributed by atoms with E-state index in [1.165, 1.54) is 7.11 Å². The Labute approximate surface area is 165 Å². The number of hydrogen-bond donors (Lipinski definition) is 3. The number of nitrogens with one attached hydrogen (secondary N) is 3. The lowest BCUT2D eigenvalue weighted by Gasteiger charge is -2.24. The number of nitrogens with zero attached hydrogens (tertiary/aromatic N) is 1. The van der Waals surface area contributed by atoms with E-state index in [4.69, 9.17) is 0 Å². The van der Waals surface area contributed by atoms with E-state index in [2.05, 4.69) is 25.7 Å². The highest BCUT2D eigenvalue weighted by Gasteiger charge is 2.24. The van der Waals surface area contributed by atoms with Crippen molar-refractivity contribution in [3.05, 3.63) is 29.8 Å². The molecule has 0 aromatic heterocycles. The third-order valence-corrected chi connectivity index (χ3v) is 3.77. The lowest BCUT2D eigenvalue weighted by Crippen LogP contribution is -2.39. The Morgan fingerprint density at radius 1 is 1.36 bits per heavy atom. The number of anilines is 1. The summed E-state index contributed by atoms with van der Waals surface area (Å²) in [6.45, 7) is 3.63. The standard InChI is InChI=1S/C17H24N4O3.HI/c1-3-18-17(19-9-8-16(23)24-2)20-11-12-10-15(22)21-14-7-5-4-6-13(12)14;/h4-7,12H,3,8-11H2,1-2H3,(H,21,22)(H2,18,19,20);1H. The summed E-state index contributed by atoms with van der Waals surface area (Å²) in [5.74, 6) is 0.421. The van der Waals surface area contributed by atoms with Gasteiger partial charge in [0.25, 0.3) is 0 Å². The van der Waals surface area contributed by atoms with Gasteiger partial charge in [-0.15, -0.1) is 24.0 Å². The summed E-state index contributed by atoms with van der Waals surface area (Å²) in [6, 6.07) is 7.80. The third kappa shape index (κ3) is 6.52. The summed E-state index contributed by atoms with van der Waals surface area (Å²) in [4.78, 5) is 27.6. The van der Waals surface area contributed by atoms with E-state index in [9.17, 15) is 9.59 Å². The van der Waals surface area contributed by atoms with E-state index in [-0.39, 0.29) is 48.2 Å². The van der Waals surface area contributed by atoms with Crippen molar-refractivity contribution in [2.75, 3.05) is 32.1 Å². The predicted molar refractivity (Wildman–Crippen MR) is 108 cm³/mol. The van der Waals surface area contributed by atoms with Gasteiger partial charge in [0, 0.05) is 31.1 Å². The SMILES string of the molecule is CCNC(=NCC1CC(=O)Nc2ccccc21)NCCC(=O)OC.I. The van der Waals surface area contributed by atoms with E-state index in [1.54, 1.807) is 0 Å². The maximum Gasteiger partial charge on any atom is 0.307 e. The van der Waals surface area contributed by atoms with Crippen molar-refractivity contribution in [3.63, 3.8) is 0 Å². The lowest BCUT2D eigenvalue weighted by atomic mass is 9.91. The highest BCUT2D eigenvalue weighted by Crippen LogP contribution is 2.31. The molecule has 0 aliphatic carbocycles. The second-order valence-corrected chi connectivity index (χ2v) is 5.51. The van der Waals surface area contributed by atoms with Gasteiger partial charge in [0.15, 0.2) is 5.96 Å². The average Bonchev–Trinajstić information content (AvgIpc) is 2.59. The highest BCUT2D eigenvalue weighted by molar-refractivity contribution is 14.0. The smallest absolute Gasteiger partial charge is 0.307 e. The summed E-state index contributed by atoms with van der Waals surface area (Å²) < 4.78 is 4.61. The lowest BCUT2D eigenvalue weighted by molar-refractivity contribution is -0.140. The molecule has 0 saturated carbocycles. The summed E-state index contributed by atoms with van der Waals surface area (Å²) >= 11 is 0. The molecular weight excluding hydrogens is 435 g/mol. The molecule has 1 aromatic rings. The number of methoxy groups -OCH3 is 1. The molecule has 7 nitrogen and oxygen atoms in total. The molecule has 1 unspecified atom stereocenters. The molecule has 0 saturated heterocycles. The fourth-order valence-electron chi connectivity index (χ4n) is 2.59. The van der Waals surface area contributed by atoms with Crippen LogP contribution in [-0.2, 0) is 14.3 Å². The Bertz CT molecular complexity index is 622. The van der Waals surface area contributed by atoms with Gasteiger partial charge in [0.2, 0.25) is 5.91 Å². The molecule has 1 atom stereocenters. The van der Waals surface area contributed by atoms with E-state index in [0.29, 0.717) is 32.0 Å². The Morgan fingerprint density at radius 2 is 2.12 bits per heavy atom. The van der Waals surface area contributed by atoms with Gasteiger partial charge in [-0.1, -0.05) is 18.2 Å². The van der Waals surface area contributed by atoms with Gasteiger partial charge in [0.05, 0.1) is 20.1 Å². The van der Waals surface area contributed by atoms with Crippen molar-refractivity contribution in [2.45, 2.75) is 25.7 Å². The first-order chi connectivity index (χ1) is 11.6. The fraction of sp³-hybridized carbons (Fsp3) is 0.471. The molecule has 25 heavy (non-hydrogen) atoms. The zero-order chi connectivity index (χ0) is 17.4. The van der Waals surface area contributed by atoms with Crippen LogP contribution in [0.5, 0.6) is 0 Å². The molecule has 0 spiro atoms. The second-order valence-electron chi connectivity index (χ2n) is 5.51. The number of carbonyl (C=O) groups is 2. The molecule has 8 heteroatoms. The topological polar surface area (TPSA) is 91.8 Å². The first-order valence-corrected chi connectivity index (χ1v) is 8.11. The zero-order valence-corrected chi connectivity index (χ0v) is 16.8. The van der Waals surface area contributed by atoms with Crippen LogP contribution < -0.4 is 16.0 Å². The number of ether oxygens (including phenoxy) is 1. The maximum absolute atomic E-state index is 11.8. The summed E-state index contributed by atoms with van der Waals surface area (Å²) in [5, 5.41) is 9.12. The molecule has 2 rings (SSSR count). The van der Waals surface area contributed by atoms with Crippen molar-refractivity contribution in [1.29, 1.82) is 0 Å². The van der Waals surface area contributed by atoms with Crippen LogP contribution >= 0.6 is 24.0 Å². The zero-order valence-electron chi connectivity index (χ0n) is 14.5. The molecule has 1 aliphatic rings. The van der Waals surface area contributed by atoms with Gasteiger partial charge in [-0.2, -0.15) is 0 Å². The molecule has 1 aliphatic heterocycles. The number of para-hydroxylation sites is 1. The van der Waals surface area contributed by atoms with Crippen molar-refractivity contribution < 1.29 is 14.3 Å². The van der Waals surface area contributed by atoms with E-state index >= 15 is 0 Å². The Balaban J connectivity index is 0.00000312. The van der Waals surface area contributed by atoms with Gasteiger partial charge < -0.3 is 20.7 Å². The van der Waals surface area contributed by atoms with Crippen LogP contribution in [-0.4, -0.2) is 44.6 Å². The average molecular weight is 460 g/mol.